The topological polar surface area (TPSA) is 71.3 Å². The van der Waals surface area contributed by atoms with E-state index in [2.05, 4.69) is 10.6 Å². The Morgan fingerprint density at radius 1 is 0.935 bits per heavy atom. The van der Waals surface area contributed by atoms with Crippen LogP contribution in [0, 0.1) is 5.82 Å². The minimum Gasteiger partial charge on any atom is -0.449 e. The van der Waals surface area contributed by atoms with Crippen LogP contribution in [0.25, 0.3) is 11.0 Å². The van der Waals surface area contributed by atoms with Crippen LogP contribution in [0.2, 0.25) is 0 Å². The molecule has 0 aliphatic heterocycles. The summed E-state index contributed by atoms with van der Waals surface area (Å²) in [6, 6.07) is 22.1. The van der Waals surface area contributed by atoms with E-state index in [-0.39, 0.29) is 17.6 Å². The number of rotatable bonds is 6. The Morgan fingerprint density at radius 2 is 1.68 bits per heavy atom. The number of carbonyl (C=O) groups excluding carboxylic acids is 2. The second kappa shape index (κ2) is 8.83. The maximum Gasteiger partial charge on any atom is 0.293 e. The lowest BCUT2D eigenvalue weighted by Gasteiger charge is -2.15. The van der Waals surface area contributed by atoms with Crippen molar-refractivity contribution in [1.82, 2.24) is 0 Å². The molecule has 0 spiro atoms. The van der Waals surface area contributed by atoms with Crippen LogP contribution in [-0.4, -0.2) is 11.8 Å². The summed E-state index contributed by atoms with van der Waals surface area (Å²) in [6.45, 7) is 1.93. The highest BCUT2D eigenvalue weighted by molar-refractivity contribution is 6.15. The number of anilines is 2. The van der Waals surface area contributed by atoms with E-state index in [0.717, 1.165) is 5.56 Å². The van der Waals surface area contributed by atoms with E-state index < -0.39 is 11.7 Å². The van der Waals surface area contributed by atoms with Crippen molar-refractivity contribution in [3.63, 3.8) is 0 Å². The predicted octanol–water partition coefficient (Wildman–Crippen LogP) is 5.96. The molecule has 4 aromatic rings. The minimum absolute atomic E-state index is 0.0401. The highest BCUT2D eigenvalue weighted by Crippen LogP contribution is 2.33. The second-order valence-electron chi connectivity index (χ2n) is 7.13. The van der Waals surface area contributed by atoms with Crippen molar-refractivity contribution in [2.24, 2.45) is 0 Å². The summed E-state index contributed by atoms with van der Waals surface area (Å²) in [7, 11) is 0. The van der Waals surface area contributed by atoms with Crippen LogP contribution in [0.15, 0.2) is 83.3 Å². The van der Waals surface area contributed by atoms with E-state index in [1.807, 2.05) is 37.3 Å². The van der Waals surface area contributed by atoms with Crippen molar-refractivity contribution >= 4 is 34.2 Å². The third-order valence-corrected chi connectivity index (χ3v) is 5.06. The predicted molar refractivity (Wildman–Crippen MR) is 119 cm³/mol. The molecule has 0 bridgehead atoms. The van der Waals surface area contributed by atoms with Gasteiger partial charge in [-0.05, 0) is 42.3 Å². The molecule has 4 rings (SSSR count). The molecule has 0 aliphatic rings. The van der Waals surface area contributed by atoms with E-state index in [4.69, 9.17) is 4.42 Å². The summed E-state index contributed by atoms with van der Waals surface area (Å²) in [6.07, 6.45) is 0.594. The number of nitrogens with one attached hydrogen (secondary N) is 2. The average Bonchev–Trinajstić information content (AvgIpc) is 3.14. The standard InChI is InChI=1S/C25H21FN2O3/c1-2-19(16-9-4-3-5-10-16)24(29)28-22-20-13-6-7-14-21(20)31-23(22)25(30)27-18-12-8-11-17(26)15-18/h3-15,19H,2H2,1H3,(H,27,30)(H,28,29). The fourth-order valence-corrected chi connectivity index (χ4v) is 3.55. The lowest BCUT2D eigenvalue weighted by atomic mass is 9.95. The Bertz CT molecular complexity index is 1230. The monoisotopic (exact) mass is 416 g/mol. The molecule has 0 radical (unpaired) electrons. The Hall–Kier alpha value is -3.93. The number of para-hydroxylation sites is 1. The van der Waals surface area contributed by atoms with Gasteiger partial charge in [-0.1, -0.05) is 55.5 Å². The first-order chi connectivity index (χ1) is 15.1. The average molecular weight is 416 g/mol. The van der Waals surface area contributed by atoms with Gasteiger partial charge in [0.1, 0.15) is 17.1 Å². The zero-order chi connectivity index (χ0) is 21.8. The molecule has 156 valence electrons. The van der Waals surface area contributed by atoms with Gasteiger partial charge in [-0.2, -0.15) is 0 Å². The van der Waals surface area contributed by atoms with Gasteiger partial charge in [0.05, 0.1) is 5.92 Å². The summed E-state index contributed by atoms with van der Waals surface area (Å²) in [4.78, 5) is 26.1. The fourth-order valence-electron chi connectivity index (χ4n) is 3.55. The van der Waals surface area contributed by atoms with Crippen LogP contribution in [0.1, 0.15) is 35.4 Å². The van der Waals surface area contributed by atoms with E-state index in [9.17, 15) is 14.0 Å². The van der Waals surface area contributed by atoms with Crippen LogP contribution < -0.4 is 10.6 Å². The molecule has 5 nitrogen and oxygen atoms in total. The molecule has 0 aliphatic carbocycles. The van der Waals surface area contributed by atoms with E-state index in [1.165, 1.54) is 18.2 Å². The Balaban J connectivity index is 1.68. The van der Waals surface area contributed by atoms with Crippen molar-refractivity contribution in [1.29, 1.82) is 0 Å². The number of carbonyl (C=O) groups is 2. The summed E-state index contributed by atoms with van der Waals surface area (Å²) in [5, 5.41) is 6.13. The lowest BCUT2D eigenvalue weighted by molar-refractivity contribution is -0.117. The van der Waals surface area contributed by atoms with Crippen LogP contribution in [-0.2, 0) is 4.79 Å². The van der Waals surface area contributed by atoms with Crippen molar-refractivity contribution in [3.05, 3.63) is 96.0 Å². The number of hydrogen-bond donors (Lipinski definition) is 2. The van der Waals surface area contributed by atoms with Gasteiger partial charge in [-0.25, -0.2) is 4.39 Å². The summed E-state index contributed by atoms with van der Waals surface area (Å²) >= 11 is 0. The quantitative estimate of drug-likeness (QED) is 0.408. The van der Waals surface area contributed by atoms with E-state index in [1.54, 1.807) is 30.3 Å². The molecule has 0 saturated heterocycles. The van der Waals surface area contributed by atoms with Crippen molar-refractivity contribution in [2.45, 2.75) is 19.3 Å². The normalized spacial score (nSPS) is 11.8. The van der Waals surface area contributed by atoms with Crippen molar-refractivity contribution in [2.75, 3.05) is 10.6 Å². The fraction of sp³-hybridized carbons (Fsp3) is 0.120. The highest BCUT2D eigenvalue weighted by Gasteiger charge is 2.26. The molecule has 3 aromatic carbocycles. The van der Waals surface area contributed by atoms with Gasteiger partial charge in [0, 0.05) is 11.1 Å². The summed E-state index contributed by atoms with van der Waals surface area (Å²) in [5.74, 6) is -1.70. The maximum atomic E-state index is 13.5. The number of benzene rings is 3. The molecule has 6 heteroatoms. The van der Waals surface area contributed by atoms with Crippen LogP contribution in [0.3, 0.4) is 0 Å². The van der Waals surface area contributed by atoms with Crippen LogP contribution >= 0.6 is 0 Å². The number of halogens is 1. The van der Waals surface area contributed by atoms with Gasteiger partial charge in [-0.3, -0.25) is 9.59 Å². The van der Waals surface area contributed by atoms with Gasteiger partial charge in [0.15, 0.2) is 0 Å². The van der Waals surface area contributed by atoms with Crippen LogP contribution in [0.5, 0.6) is 0 Å². The molecule has 1 aromatic heterocycles. The number of furan rings is 1. The smallest absolute Gasteiger partial charge is 0.293 e. The van der Waals surface area contributed by atoms with Gasteiger partial charge in [-0.15, -0.1) is 0 Å². The van der Waals surface area contributed by atoms with Crippen molar-refractivity contribution < 1.29 is 18.4 Å². The van der Waals surface area contributed by atoms with Crippen molar-refractivity contribution in [3.8, 4) is 0 Å². The van der Waals surface area contributed by atoms with Crippen LogP contribution in [0.4, 0.5) is 15.8 Å². The Labute approximate surface area is 178 Å². The Kier molecular flexibility index (Phi) is 5.80. The molecule has 0 saturated carbocycles. The third kappa shape index (κ3) is 4.33. The van der Waals surface area contributed by atoms with Gasteiger partial charge in [0.25, 0.3) is 5.91 Å². The third-order valence-electron chi connectivity index (χ3n) is 5.06. The minimum atomic E-state index is -0.579. The first kappa shape index (κ1) is 20.3. The first-order valence-electron chi connectivity index (χ1n) is 10.0. The lowest BCUT2D eigenvalue weighted by Crippen LogP contribution is -2.22. The second-order valence-corrected chi connectivity index (χ2v) is 7.13. The molecule has 1 unspecified atom stereocenters. The molecule has 2 amide bonds. The number of fused-ring (bicyclic) bond motifs is 1. The van der Waals surface area contributed by atoms with E-state index >= 15 is 0 Å². The summed E-state index contributed by atoms with van der Waals surface area (Å²) < 4.78 is 19.3. The molecular formula is C25H21FN2O3. The largest absolute Gasteiger partial charge is 0.449 e. The maximum absolute atomic E-state index is 13.5. The highest BCUT2D eigenvalue weighted by atomic mass is 19.1. The zero-order valence-electron chi connectivity index (χ0n) is 16.9. The molecule has 0 fully saturated rings. The molecule has 1 heterocycles. The summed E-state index contributed by atoms with van der Waals surface area (Å²) in [5.41, 5.74) is 1.94. The van der Waals surface area contributed by atoms with E-state index in [0.29, 0.717) is 28.8 Å². The first-order valence-corrected chi connectivity index (χ1v) is 10.0. The van der Waals surface area contributed by atoms with Gasteiger partial charge in [0.2, 0.25) is 11.7 Å². The number of amides is 2. The molecular weight excluding hydrogens is 395 g/mol. The Morgan fingerprint density at radius 3 is 2.42 bits per heavy atom. The molecule has 31 heavy (non-hydrogen) atoms. The van der Waals surface area contributed by atoms with Gasteiger partial charge >= 0.3 is 0 Å². The number of hydrogen-bond acceptors (Lipinski definition) is 3. The SMILES string of the molecule is CCC(C(=O)Nc1c(C(=O)Nc2cccc(F)c2)oc2ccccc12)c1ccccc1. The molecule has 2 N–H and O–H groups in total. The molecule has 1 atom stereocenters. The zero-order valence-corrected chi connectivity index (χ0v) is 16.9. The van der Waals surface area contributed by atoms with Gasteiger partial charge < -0.3 is 15.1 Å².